The molecule has 1 aromatic rings. The SMILES string of the molecule is NCc1cccc(C(O)C(O)C(=O)O)c1. The monoisotopic (exact) mass is 211 g/mol. The summed E-state index contributed by atoms with van der Waals surface area (Å²) in [5.41, 5.74) is 6.50. The van der Waals surface area contributed by atoms with Gasteiger partial charge in [-0.1, -0.05) is 24.3 Å². The number of aliphatic hydroxyl groups is 2. The molecule has 5 heteroatoms. The van der Waals surface area contributed by atoms with Gasteiger partial charge in [0.2, 0.25) is 0 Å². The van der Waals surface area contributed by atoms with E-state index in [1.807, 2.05) is 0 Å². The number of hydrogen-bond donors (Lipinski definition) is 4. The van der Waals surface area contributed by atoms with Crippen LogP contribution < -0.4 is 5.73 Å². The fourth-order valence-corrected chi connectivity index (χ4v) is 1.22. The molecule has 0 aromatic heterocycles. The summed E-state index contributed by atoms with van der Waals surface area (Å²) in [6.45, 7) is 0.295. The van der Waals surface area contributed by atoms with E-state index in [9.17, 15) is 9.90 Å². The van der Waals surface area contributed by atoms with Crippen molar-refractivity contribution in [1.82, 2.24) is 0 Å². The molecule has 15 heavy (non-hydrogen) atoms. The van der Waals surface area contributed by atoms with Crippen molar-refractivity contribution < 1.29 is 20.1 Å². The molecule has 0 aliphatic rings. The second-order valence-corrected chi connectivity index (χ2v) is 3.18. The molecule has 5 nitrogen and oxygen atoms in total. The number of benzene rings is 1. The third-order valence-corrected chi connectivity index (χ3v) is 2.08. The Morgan fingerprint density at radius 2 is 2.07 bits per heavy atom. The molecule has 2 atom stereocenters. The first-order valence-corrected chi connectivity index (χ1v) is 4.44. The highest BCUT2D eigenvalue weighted by atomic mass is 16.4. The molecule has 0 aliphatic carbocycles. The molecule has 5 N–H and O–H groups in total. The van der Waals surface area contributed by atoms with E-state index in [1.165, 1.54) is 6.07 Å². The summed E-state index contributed by atoms with van der Waals surface area (Å²) in [4.78, 5) is 10.4. The number of nitrogens with two attached hydrogens (primary N) is 1. The number of hydrogen-bond acceptors (Lipinski definition) is 4. The van der Waals surface area contributed by atoms with Gasteiger partial charge in [0.15, 0.2) is 6.10 Å². The van der Waals surface area contributed by atoms with Gasteiger partial charge in [0.25, 0.3) is 0 Å². The number of aliphatic carboxylic acids is 1. The standard InChI is InChI=1S/C10H13NO4/c11-5-6-2-1-3-7(4-6)8(12)9(13)10(14)15/h1-4,8-9,12-13H,5,11H2,(H,14,15). The van der Waals surface area contributed by atoms with E-state index in [0.29, 0.717) is 12.1 Å². The van der Waals surface area contributed by atoms with Crippen molar-refractivity contribution in [1.29, 1.82) is 0 Å². The minimum atomic E-state index is -1.82. The summed E-state index contributed by atoms with van der Waals surface area (Å²) in [5, 5.41) is 27.1. The summed E-state index contributed by atoms with van der Waals surface area (Å²) in [6.07, 6.45) is -3.26. The Hall–Kier alpha value is -1.43. The maximum absolute atomic E-state index is 10.4. The molecular weight excluding hydrogens is 198 g/mol. The van der Waals surface area contributed by atoms with E-state index in [2.05, 4.69) is 0 Å². The molecule has 2 unspecified atom stereocenters. The first-order valence-electron chi connectivity index (χ1n) is 4.44. The van der Waals surface area contributed by atoms with Crippen LogP contribution in [0.1, 0.15) is 17.2 Å². The highest BCUT2D eigenvalue weighted by Crippen LogP contribution is 2.18. The number of rotatable bonds is 4. The molecular formula is C10H13NO4. The molecule has 82 valence electrons. The van der Waals surface area contributed by atoms with Gasteiger partial charge < -0.3 is 21.1 Å². The quantitative estimate of drug-likeness (QED) is 0.543. The van der Waals surface area contributed by atoms with Crippen molar-refractivity contribution >= 4 is 5.97 Å². The maximum atomic E-state index is 10.4. The van der Waals surface area contributed by atoms with Crippen LogP contribution in [0.25, 0.3) is 0 Å². The molecule has 0 saturated carbocycles. The van der Waals surface area contributed by atoms with Crippen molar-refractivity contribution in [3.63, 3.8) is 0 Å². The van der Waals surface area contributed by atoms with Gasteiger partial charge in [-0.25, -0.2) is 4.79 Å². The van der Waals surface area contributed by atoms with Gasteiger partial charge in [-0.2, -0.15) is 0 Å². The van der Waals surface area contributed by atoms with E-state index in [4.69, 9.17) is 15.9 Å². The lowest BCUT2D eigenvalue weighted by Crippen LogP contribution is -2.27. The van der Waals surface area contributed by atoms with Crippen molar-refractivity contribution in [2.24, 2.45) is 5.73 Å². The van der Waals surface area contributed by atoms with Gasteiger partial charge in [0, 0.05) is 6.54 Å². The fraction of sp³-hybridized carbons (Fsp3) is 0.300. The van der Waals surface area contributed by atoms with E-state index in [-0.39, 0.29) is 0 Å². The van der Waals surface area contributed by atoms with E-state index < -0.39 is 18.2 Å². The summed E-state index contributed by atoms with van der Waals surface area (Å²) in [5.74, 6) is -1.46. The first-order chi connectivity index (χ1) is 7.06. The molecule has 0 bridgehead atoms. The van der Waals surface area contributed by atoms with Crippen molar-refractivity contribution in [3.8, 4) is 0 Å². The van der Waals surface area contributed by atoms with Gasteiger partial charge in [0.05, 0.1) is 0 Å². The zero-order valence-electron chi connectivity index (χ0n) is 8.00. The molecule has 0 spiro atoms. The lowest BCUT2D eigenvalue weighted by Gasteiger charge is -2.14. The summed E-state index contributed by atoms with van der Waals surface area (Å²) < 4.78 is 0. The Kier molecular flexibility index (Phi) is 3.79. The highest BCUT2D eigenvalue weighted by molar-refractivity contribution is 5.73. The molecule has 0 aliphatic heterocycles. The summed E-state index contributed by atoms with van der Waals surface area (Å²) in [6, 6.07) is 6.51. The van der Waals surface area contributed by atoms with Crippen LogP contribution >= 0.6 is 0 Å². The smallest absolute Gasteiger partial charge is 0.335 e. The van der Waals surface area contributed by atoms with E-state index in [0.717, 1.165) is 5.56 Å². The second kappa shape index (κ2) is 4.88. The molecule has 1 rings (SSSR count). The van der Waals surface area contributed by atoms with Crippen molar-refractivity contribution in [3.05, 3.63) is 35.4 Å². The van der Waals surface area contributed by atoms with Crippen LogP contribution in [0.3, 0.4) is 0 Å². The molecule has 1 aromatic carbocycles. The largest absolute Gasteiger partial charge is 0.479 e. The highest BCUT2D eigenvalue weighted by Gasteiger charge is 2.24. The molecule has 0 amide bonds. The zero-order chi connectivity index (χ0) is 11.4. The first kappa shape index (κ1) is 11.6. The molecule has 0 radical (unpaired) electrons. The molecule has 0 heterocycles. The number of aliphatic hydroxyl groups excluding tert-OH is 2. The fourth-order valence-electron chi connectivity index (χ4n) is 1.22. The average Bonchev–Trinajstić information content (AvgIpc) is 2.27. The Morgan fingerprint density at radius 1 is 1.40 bits per heavy atom. The minimum Gasteiger partial charge on any atom is -0.479 e. The lowest BCUT2D eigenvalue weighted by atomic mass is 10.0. The Labute approximate surface area is 86.8 Å². The predicted molar refractivity (Wildman–Crippen MR) is 52.9 cm³/mol. The number of carboxylic acids is 1. The van der Waals surface area contributed by atoms with Crippen LogP contribution in [-0.2, 0) is 11.3 Å². The van der Waals surface area contributed by atoms with Gasteiger partial charge in [-0.15, -0.1) is 0 Å². The van der Waals surface area contributed by atoms with Crippen LogP contribution in [0.5, 0.6) is 0 Å². The minimum absolute atomic E-state index is 0.295. The molecule has 0 fully saturated rings. The van der Waals surface area contributed by atoms with E-state index in [1.54, 1.807) is 18.2 Å². The summed E-state index contributed by atoms with van der Waals surface area (Å²) >= 11 is 0. The van der Waals surface area contributed by atoms with Crippen LogP contribution in [0.2, 0.25) is 0 Å². The number of carbonyl (C=O) groups is 1. The second-order valence-electron chi connectivity index (χ2n) is 3.18. The topological polar surface area (TPSA) is 104 Å². The third-order valence-electron chi connectivity index (χ3n) is 2.08. The van der Waals surface area contributed by atoms with Gasteiger partial charge in [-0.05, 0) is 11.1 Å². The van der Waals surface area contributed by atoms with Gasteiger partial charge in [0.1, 0.15) is 6.10 Å². The maximum Gasteiger partial charge on any atom is 0.335 e. The lowest BCUT2D eigenvalue weighted by molar-refractivity contribution is -0.153. The number of carboxylic acid groups (broad SMARTS) is 1. The van der Waals surface area contributed by atoms with Crippen LogP contribution in [-0.4, -0.2) is 27.4 Å². The average molecular weight is 211 g/mol. The van der Waals surface area contributed by atoms with Crippen LogP contribution in [0.4, 0.5) is 0 Å². The third kappa shape index (κ3) is 2.76. The van der Waals surface area contributed by atoms with Gasteiger partial charge >= 0.3 is 5.97 Å². The van der Waals surface area contributed by atoms with Crippen molar-refractivity contribution in [2.45, 2.75) is 18.8 Å². The van der Waals surface area contributed by atoms with E-state index >= 15 is 0 Å². The Bertz CT molecular complexity index is 353. The normalized spacial score (nSPS) is 14.6. The Balaban J connectivity index is 2.90. The van der Waals surface area contributed by atoms with Gasteiger partial charge in [-0.3, -0.25) is 0 Å². The van der Waals surface area contributed by atoms with Crippen molar-refractivity contribution in [2.75, 3.05) is 0 Å². The summed E-state index contributed by atoms with van der Waals surface area (Å²) in [7, 11) is 0. The Morgan fingerprint density at radius 3 is 2.60 bits per heavy atom. The molecule has 0 saturated heterocycles. The predicted octanol–water partition coefficient (Wildman–Crippen LogP) is -0.376. The van der Waals surface area contributed by atoms with Crippen LogP contribution in [0.15, 0.2) is 24.3 Å². The van der Waals surface area contributed by atoms with Crippen LogP contribution in [0, 0.1) is 0 Å². The zero-order valence-corrected chi connectivity index (χ0v) is 8.00.